The molecule has 1 amide bonds. The molecule has 0 atom stereocenters. The van der Waals surface area contributed by atoms with Gasteiger partial charge < -0.3 is 4.42 Å². The number of aromatic nitrogens is 3. The summed E-state index contributed by atoms with van der Waals surface area (Å²) in [5.74, 6) is -0.686. The summed E-state index contributed by atoms with van der Waals surface area (Å²) in [6.45, 7) is 1.26. The van der Waals surface area contributed by atoms with E-state index in [1.54, 1.807) is 0 Å². The Bertz CT molecular complexity index is 775. The Balaban J connectivity index is 2.18. The molecule has 0 bridgehead atoms. The van der Waals surface area contributed by atoms with Crippen LogP contribution in [-0.2, 0) is 4.79 Å². The molecule has 2 rings (SSSR count). The molecular weight excluding hydrogens is 282 g/mol. The zero-order valence-corrected chi connectivity index (χ0v) is 10.7. The van der Waals surface area contributed by atoms with Crippen molar-refractivity contribution in [2.24, 2.45) is 0 Å². The summed E-state index contributed by atoms with van der Waals surface area (Å²) in [4.78, 5) is 34.5. The van der Waals surface area contributed by atoms with Crippen LogP contribution in [0.1, 0.15) is 18.4 Å². The second kappa shape index (κ2) is 5.77. The second-order valence-electron chi connectivity index (χ2n) is 3.84. The Morgan fingerprint density at radius 2 is 2.19 bits per heavy atom. The van der Waals surface area contributed by atoms with Gasteiger partial charge in [-0.25, -0.2) is 0 Å². The van der Waals surface area contributed by atoms with Crippen LogP contribution in [0.2, 0.25) is 0 Å². The fraction of sp³-hybridized carbons (Fsp3) is 0.0909. The number of hydrogen-bond donors (Lipinski definition) is 2. The lowest BCUT2D eigenvalue weighted by molar-refractivity contribution is -0.402. The van der Waals surface area contributed by atoms with Crippen LogP contribution in [0, 0.1) is 10.1 Å². The summed E-state index contributed by atoms with van der Waals surface area (Å²) >= 11 is 0. The fourth-order valence-corrected chi connectivity index (χ4v) is 1.37. The molecular formula is C11H9N5O5. The van der Waals surface area contributed by atoms with Gasteiger partial charge in [0.25, 0.3) is 5.56 Å². The molecule has 2 heterocycles. The van der Waals surface area contributed by atoms with Crippen molar-refractivity contribution in [3.8, 4) is 0 Å². The lowest BCUT2D eigenvalue weighted by Gasteiger charge is -1.98. The zero-order chi connectivity index (χ0) is 15.4. The van der Waals surface area contributed by atoms with Gasteiger partial charge >= 0.3 is 5.88 Å². The third kappa shape index (κ3) is 3.59. The minimum atomic E-state index is -0.674. The minimum Gasteiger partial charge on any atom is -0.401 e. The number of anilines is 1. The standard InChI is InChI=1S/C11H9N5O5/c1-6(17)12-11-13-10(18)8(14-15-11)4-2-7-3-5-9(21-7)16(19)20/h2-5H,1H3,(H2,12,13,15,17,18)/b4-2+. The molecule has 21 heavy (non-hydrogen) atoms. The van der Waals surface area contributed by atoms with Gasteiger partial charge in [-0.3, -0.25) is 30.0 Å². The lowest BCUT2D eigenvalue weighted by Crippen LogP contribution is -2.19. The van der Waals surface area contributed by atoms with E-state index < -0.39 is 22.3 Å². The highest BCUT2D eigenvalue weighted by Crippen LogP contribution is 2.17. The summed E-state index contributed by atoms with van der Waals surface area (Å²) in [5.41, 5.74) is -0.616. The van der Waals surface area contributed by atoms with Gasteiger partial charge in [0.1, 0.15) is 10.7 Å². The van der Waals surface area contributed by atoms with Crippen molar-refractivity contribution in [3.63, 3.8) is 0 Å². The van der Waals surface area contributed by atoms with Gasteiger partial charge in [0.2, 0.25) is 11.9 Å². The van der Waals surface area contributed by atoms with Crippen LogP contribution in [0.3, 0.4) is 0 Å². The first-order valence-corrected chi connectivity index (χ1v) is 5.62. The van der Waals surface area contributed by atoms with Gasteiger partial charge in [0.05, 0.1) is 6.07 Å². The van der Waals surface area contributed by atoms with Gasteiger partial charge in [-0.15, -0.1) is 10.2 Å². The quantitative estimate of drug-likeness (QED) is 0.625. The molecule has 0 radical (unpaired) electrons. The molecule has 0 aromatic carbocycles. The molecule has 0 aliphatic carbocycles. The van der Waals surface area contributed by atoms with Crippen molar-refractivity contribution < 1.29 is 14.1 Å². The normalized spacial score (nSPS) is 10.7. The Morgan fingerprint density at radius 1 is 1.43 bits per heavy atom. The number of nitrogens with zero attached hydrogens (tertiary/aromatic N) is 3. The number of nitro groups is 1. The predicted molar refractivity (Wildman–Crippen MR) is 71.2 cm³/mol. The van der Waals surface area contributed by atoms with Crippen LogP contribution >= 0.6 is 0 Å². The van der Waals surface area contributed by atoms with E-state index in [-0.39, 0.29) is 17.4 Å². The molecule has 0 fully saturated rings. The van der Waals surface area contributed by atoms with E-state index in [0.29, 0.717) is 0 Å². The largest absolute Gasteiger partial charge is 0.433 e. The van der Waals surface area contributed by atoms with E-state index in [2.05, 4.69) is 20.5 Å². The third-order valence-corrected chi connectivity index (χ3v) is 2.21. The smallest absolute Gasteiger partial charge is 0.401 e. The molecule has 10 heteroatoms. The van der Waals surface area contributed by atoms with Crippen molar-refractivity contribution in [3.05, 3.63) is 44.1 Å². The van der Waals surface area contributed by atoms with Crippen molar-refractivity contribution in [1.82, 2.24) is 15.2 Å². The first-order valence-electron chi connectivity index (χ1n) is 5.62. The molecule has 0 spiro atoms. The average Bonchev–Trinajstić information content (AvgIpc) is 2.86. The molecule has 0 unspecified atom stereocenters. The van der Waals surface area contributed by atoms with Crippen LogP contribution in [0.25, 0.3) is 12.2 Å². The minimum absolute atomic E-state index is 0.0387. The first-order chi connectivity index (χ1) is 9.95. The number of carbonyl (C=O) groups excluding carboxylic acids is 1. The second-order valence-corrected chi connectivity index (χ2v) is 3.84. The molecule has 108 valence electrons. The fourth-order valence-electron chi connectivity index (χ4n) is 1.37. The highest BCUT2D eigenvalue weighted by molar-refractivity contribution is 5.86. The molecule has 0 aliphatic rings. The summed E-state index contributed by atoms with van der Waals surface area (Å²) in [5, 5.41) is 19.9. The Labute approximate surface area is 116 Å². The molecule has 0 aliphatic heterocycles. The Hall–Kier alpha value is -3.30. The highest BCUT2D eigenvalue weighted by atomic mass is 16.6. The van der Waals surface area contributed by atoms with Crippen molar-refractivity contribution >= 4 is 29.9 Å². The van der Waals surface area contributed by atoms with Gasteiger partial charge in [-0.2, -0.15) is 0 Å². The maximum Gasteiger partial charge on any atom is 0.433 e. The van der Waals surface area contributed by atoms with E-state index in [1.165, 1.54) is 31.2 Å². The van der Waals surface area contributed by atoms with Crippen LogP contribution in [0.5, 0.6) is 0 Å². The summed E-state index contributed by atoms with van der Waals surface area (Å²) in [6, 6.07) is 2.57. The Kier molecular flexibility index (Phi) is 3.88. The highest BCUT2D eigenvalue weighted by Gasteiger charge is 2.10. The van der Waals surface area contributed by atoms with Crippen molar-refractivity contribution in [2.75, 3.05) is 5.32 Å². The molecule has 2 N–H and O–H groups in total. The van der Waals surface area contributed by atoms with Gasteiger partial charge in [0, 0.05) is 6.92 Å². The Morgan fingerprint density at radius 3 is 2.76 bits per heavy atom. The summed E-state index contributed by atoms with van der Waals surface area (Å²) in [6.07, 6.45) is 2.62. The topological polar surface area (TPSA) is 144 Å². The maximum atomic E-state index is 11.7. The number of carbonyl (C=O) groups is 1. The summed E-state index contributed by atoms with van der Waals surface area (Å²) in [7, 11) is 0. The van der Waals surface area contributed by atoms with Gasteiger partial charge in [-0.05, 0) is 18.2 Å². The number of furan rings is 1. The average molecular weight is 291 g/mol. The third-order valence-electron chi connectivity index (χ3n) is 2.21. The first kappa shape index (κ1) is 14.1. The molecule has 2 aromatic rings. The number of hydrogen-bond acceptors (Lipinski definition) is 7. The maximum absolute atomic E-state index is 11.7. The predicted octanol–water partition coefficient (Wildman–Crippen LogP) is 0.795. The number of amides is 1. The van der Waals surface area contributed by atoms with Crippen LogP contribution in [0.4, 0.5) is 11.8 Å². The van der Waals surface area contributed by atoms with E-state index in [0.717, 1.165) is 0 Å². The number of H-pyrrole nitrogens is 1. The molecule has 10 nitrogen and oxygen atoms in total. The monoisotopic (exact) mass is 291 g/mol. The summed E-state index contributed by atoms with van der Waals surface area (Å²) < 4.78 is 4.88. The van der Waals surface area contributed by atoms with Crippen molar-refractivity contribution in [2.45, 2.75) is 6.92 Å². The van der Waals surface area contributed by atoms with Gasteiger partial charge in [0.15, 0.2) is 5.69 Å². The van der Waals surface area contributed by atoms with E-state index in [4.69, 9.17) is 4.42 Å². The van der Waals surface area contributed by atoms with Crippen molar-refractivity contribution in [1.29, 1.82) is 0 Å². The van der Waals surface area contributed by atoms with Crippen LogP contribution < -0.4 is 10.9 Å². The number of aromatic amines is 1. The van der Waals surface area contributed by atoms with E-state index >= 15 is 0 Å². The van der Waals surface area contributed by atoms with E-state index in [1.807, 2.05) is 0 Å². The van der Waals surface area contributed by atoms with Gasteiger partial charge in [-0.1, -0.05) is 0 Å². The van der Waals surface area contributed by atoms with Crippen LogP contribution in [-0.4, -0.2) is 26.0 Å². The number of nitrogens with one attached hydrogen (secondary N) is 2. The lowest BCUT2D eigenvalue weighted by atomic mass is 10.3. The molecule has 0 saturated carbocycles. The van der Waals surface area contributed by atoms with Crippen LogP contribution in [0.15, 0.2) is 21.3 Å². The molecule has 2 aromatic heterocycles. The van der Waals surface area contributed by atoms with E-state index in [9.17, 15) is 19.7 Å². The zero-order valence-electron chi connectivity index (χ0n) is 10.7. The SMILES string of the molecule is CC(=O)Nc1nnc(/C=C/c2ccc([N+](=O)[O-])o2)c(=O)[nH]1. The number of rotatable bonds is 4. The molecule has 0 saturated heterocycles.